The Hall–Kier alpha value is -3.41. The van der Waals surface area contributed by atoms with Crippen LogP contribution in [-0.4, -0.2) is 29.8 Å². The number of carbonyl (C=O) groups excluding carboxylic acids is 2. The summed E-state index contributed by atoms with van der Waals surface area (Å²) in [5.41, 5.74) is 1.30. The van der Waals surface area contributed by atoms with Crippen LogP contribution >= 0.6 is 0 Å². The Balaban J connectivity index is 1.58. The molecule has 0 bridgehead atoms. The van der Waals surface area contributed by atoms with Gasteiger partial charge in [0, 0.05) is 11.1 Å². The van der Waals surface area contributed by atoms with Crippen LogP contribution in [0.4, 0.5) is 4.79 Å². The number of urea groups is 1. The van der Waals surface area contributed by atoms with Gasteiger partial charge in [-0.05, 0) is 24.6 Å². The summed E-state index contributed by atoms with van der Waals surface area (Å²) in [6.07, 6.45) is 3.42. The minimum atomic E-state index is -1.13. The molecule has 6 nitrogen and oxygen atoms in total. The number of nitrogens with zero attached hydrogens (tertiary/aromatic N) is 2. The molecule has 6 heteroatoms. The number of carbonyl (C=O) groups is 2. The predicted octanol–water partition coefficient (Wildman–Crippen LogP) is 2.92. The number of nitrogens with one attached hydrogen (secondary N) is 1. The third-order valence-electron chi connectivity index (χ3n) is 4.51. The highest BCUT2D eigenvalue weighted by molar-refractivity contribution is 6.07. The summed E-state index contributed by atoms with van der Waals surface area (Å²) < 4.78 is 5.65. The molecule has 0 spiro atoms. The van der Waals surface area contributed by atoms with Gasteiger partial charge in [-0.1, -0.05) is 48.5 Å². The summed E-state index contributed by atoms with van der Waals surface area (Å²) in [4.78, 5) is 25.1. The van der Waals surface area contributed by atoms with Gasteiger partial charge < -0.3 is 10.1 Å². The Morgan fingerprint density at radius 3 is 2.65 bits per heavy atom. The zero-order chi connectivity index (χ0) is 18.1. The van der Waals surface area contributed by atoms with E-state index in [4.69, 9.17) is 4.74 Å². The van der Waals surface area contributed by atoms with Crippen LogP contribution in [0.2, 0.25) is 0 Å². The van der Waals surface area contributed by atoms with Crippen molar-refractivity contribution < 1.29 is 14.3 Å². The fourth-order valence-electron chi connectivity index (χ4n) is 3.04. The van der Waals surface area contributed by atoms with Gasteiger partial charge in [0.25, 0.3) is 5.91 Å². The summed E-state index contributed by atoms with van der Waals surface area (Å²) in [7, 11) is 0. The maximum atomic E-state index is 12.8. The number of para-hydroxylation sites is 1. The van der Waals surface area contributed by atoms with Gasteiger partial charge in [-0.3, -0.25) is 4.79 Å². The van der Waals surface area contributed by atoms with E-state index in [0.29, 0.717) is 12.2 Å². The van der Waals surface area contributed by atoms with Gasteiger partial charge in [-0.2, -0.15) is 5.10 Å². The van der Waals surface area contributed by atoms with Gasteiger partial charge >= 0.3 is 6.03 Å². The van der Waals surface area contributed by atoms with Gasteiger partial charge in [0.2, 0.25) is 0 Å². The first kappa shape index (κ1) is 16.1. The Morgan fingerprint density at radius 1 is 1.12 bits per heavy atom. The molecule has 26 heavy (non-hydrogen) atoms. The van der Waals surface area contributed by atoms with Crippen LogP contribution in [0.5, 0.6) is 5.75 Å². The van der Waals surface area contributed by atoms with E-state index in [9.17, 15) is 9.59 Å². The van der Waals surface area contributed by atoms with Crippen LogP contribution in [0, 0.1) is 0 Å². The van der Waals surface area contributed by atoms with Crippen LogP contribution < -0.4 is 10.1 Å². The number of hydrogen-bond donors (Lipinski definition) is 1. The van der Waals surface area contributed by atoms with Crippen LogP contribution in [-0.2, 0) is 10.3 Å². The monoisotopic (exact) mass is 347 g/mol. The van der Waals surface area contributed by atoms with E-state index in [1.54, 1.807) is 19.1 Å². The van der Waals surface area contributed by atoms with E-state index in [0.717, 1.165) is 21.9 Å². The fourth-order valence-corrected chi connectivity index (χ4v) is 3.04. The van der Waals surface area contributed by atoms with E-state index in [2.05, 4.69) is 10.4 Å². The van der Waals surface area contributed by atoms with E-state index in [-0.39, 0.29) is 0 Å². The zero-order valence-corrected chi connectivity index (χ0v) is 14.2. The number of hydrazone groups is 1. The number of imide groups is 1. The highest BCUT2D eigenvalue weighted by Gasteiger charge is 2.49. The molecular weight excluding hydrogens is 330 g/mol. The minimum Gasteiger partial charge on any atom is -0.488 e. The molecule has 1 N–H and O–H groups in total. The fraction of sp³-hybridized carbons (Fsp3) is 0.150. The summed E-state index contributed by atoms with van der Waals surface area (Å²) in [6, 6.07) is 16.2. The van der Waals surface area contributed by atoms with Crippen molar-refractivity contribution in [3.05, 3.63) is 71.3 Å². The third kappa shape index (κ3) is 2.65. The number of fused-ring (bicyclic) bond motifs is 1. The summed E-state index contributed by atoms with van der Waals surface area (Å²) in [5.74, 6) is 0.388. The second-order valence-corrected chi connectivity index (χ2v) is 6.33. The Morgan fingerprint density at radius 2 is 1.85 bits per heavy atom. The summed E-state index contributed by atoms with van der Waals surface area (Å²) >= 11 is 0. The molecule has 2 aliphatic heterocycles. The Kier molecular flexibility index (Phi) is 3.80. The molecule has 4 rings (SSSR count). The van der Waals surface area contributed by atoms with Gasteiger partial charge in [-0.25, -0.2) is 4.79 Å². The molecule has 1 fully saturated rings. The lowest BCUT2D eigenvalue weighted by Gasteiger charge is -2.21. The third-order valence-corrected chi connectivity index (χ3v) is 4.51. The highest BCUT2D eigenvalue weighted by Crippen LogP contribution is 2.29. The predicted molar refractivity (Wildman–Crippen MR) is 97.6 cm³/mol. The Labute approximate surface area is 150 Å². The van der Waals surface area contributed by atoms with Crippen molar-refractivity contribution in [2.45, 2.75) is 12.5 Å². The maximum Gasteiger partial charge on any atom is 0.346 e. The van der Waals surface area contributed by atoms with Crippen molar-refractivity contribution in [1.82, 2.24) is 10.3 Å². The van der Waals surface area contributed by atoms with Crippen molar-refractivity contribution >= 4 is 24.2 Å². The molecule has 0 aromatic heterocycles. The largest absolute Gasteiger partial charge is 0.488 e. The first-order chi connectivity index (χ1) is 12.6. The first-order valence-corrected chi connectivity index (χ1v) is 8.26. The lowest BCUT2D eigenvalue weighted by Crippen LogP contribution is -2.40. The Bertz CT molecular complexity index is 936. The molecule has 2 aromatic carbocycles. The smallest absolute Gasteiger partial charge is 0.346 e. The SMILES string of the molecule is CC1(c2ccccc2)NC(=O)N(/N=C/C2=Cc3ccccc3OC2)C1=O. The van der Waals surface area contributed by atoms with E-state index in [1.165, 1.54) is 6.21 Å². The van der Waals surface area contributed by atoms with E-state index < -0.39 is 17.5 Å². The number of amides is 3. The molecule has 0 radical (unpaired) electrons. The van der Waals surface area contributed by atoms with Crippen LogP contribution in [0.25, 0.3) is 6.08 Å². The molecule has 2 aromatic rings. The molecule has 130 valence electrons. The lowest BCUT2D eigenvalue weighted by atomic mass is 9.92. The maximum absolute atomic E-state index is 12.8. The van der Waals surface area contributed by atoms with Crippen molar-refractivity contribution in [1.29, 1.82) is 0 Å². The second-order valence-electron chi connectivity index (χ2n) is 6.33. The van der Waals surface area contributed by atoms with Crippen molar-refractivity contribution in [2.75, 3.05) is 6.61 Å². The van der Waals surface area contributed by atoms with E-state index in [1.807, 2.05) is 48.5 Å². The highest BCUT2D eigenvalue weighted by atomic mass is 16.5. The van der Waals surface area contributed by atoms with Crippen molar-refractivity contribution in [3.63, 3.8) is 0 Å². The molecule has 2 aliphatic rings. The molecule has 3 amide bonds. The standard InChI is InChI=1S/C20H17N3O3/c1-20(16-8-3-2-4-9-16)18(24)23(19(25)22-20)21-12-14-11-15-7-5-6-10-17(15)26-13-14/h2-12H,13H2,1H3,(H,22,25)/b21-12+. The molecule has 1 saturated heterocycles. The molecule has 2 heterocycles. The zero-order valence-electron chi connectivity index (χ0n) is 14.2. The quantitative estimate of drug-likeness (QED) is 0.685. The van der Waals surface area contributed by atoms with Gasteiger partial charge in [-0.15, -0.1) is 5.01 Å². The molecule has 1 unspecified atom stereocenters. The number of rotatable bonds is 3. The summed E-state index contributed by atoms with van der Waals surface area (Å²) in [6.45, 7) is 2.01. The van der Waals surface area contributed by atoms with Crippen molar-refractivity contribution in [2.24, 2.45) is 5.10 Å². The molecule has 0 aliphatic carbocycles. The number of benzene rings is 2. The number of hydrogen-bond acceptors (Lipinski definition) is 4. The van der Waals surface area contributed by atoms with Gasteiger partial charge in [0.05, 0.1) is 6.21 Å². The summed E-state index contributed by atoms with van der Waals surface area (Å²) in [5, 5.41) is 7.69. The average Bonchev–Trinajstić information content (AvgIpc) is 2.90. The van der Waals surface area contributed by atoms with E-state index >= 15 is 0 Å². The minimum absolute atomic E-state index is 0.333. The molecule has 0 saturated carbocycles. The number of ether oxygens (including phenoxy) is 1. The average molecular weight is 347 g/mol. The van der Waals surface area contributed by atoms with Crippen molar-refractivity contribution in [3.8, 4) is 5.75 Å². The van der Waals surface area contributed by atoms with Crippen LogP contribution in [0.3, 0.4) is 0 Å². The second kappa shape index (κ2) is 6.15. The van der Waals surface area contributed by atoms with Crippen LogP contribution in [0.1, 0.15) is 18.1 Å². The van der Waals surface area contributed by atoms with Crippen LogP contribution in [0.15, 0.2) is 65.3 Å². The van der Waals surface area contributed by atoms with Gasteiger partial charge in [0.1, 0.15) is 17.9 Å². The first-order valence-electron chi connectivity index (χ1n) is 8.26. The topological polar surface area (TPSA) is 71.0 Å². The lowest BCUT2D eigenvalue weighted by molar-refractivity contribution is -0.131. The molecular formula is C20H17N3O3. The normalized spacial score (nSPS) is 22.0. The molecule has 1 atom stereocenters. The van der Waals surface area contributed by atoms with Gasteiger partial charge in [0.15, 0.2) is 0 Å².